The number of hydrogen-bond acceptors (Lipinski definition) is 3. The second-order valence-electron chi connectivity index (χ2n) is 4.34. The molecular weight excluding hydrogens is 220 g/mol. The van der Waals surface area contributed by atoms with Gasteiger partial charge in [-0.25, -0.2) is 4.79 Å². The van der Waals surface area contributed by atoms with Crippen molar-refractivity contribution in [2.45, 2.75) is 18.4 Å². The van der Waals surface area contributed by atoms with Crippen molar-refractivity contribution in [3.05, 3.63) is 29.8 Å². The first-order chi connectivity index (χ1) is 7.96. The molecule has 90 valence electrons. The molecule has 1 aliphatic rings. The van der Waals surface area contributed by atoms with Crippen LogP contribution >= 0.6 is 0 Å². The van der Waals surface area contributed by atoms with E-state index in [0.29, 0.717) is 18.5 Å². The number of hydrogen-bond donors (Lipinski definition) is 2. The normalized spacial score (nSPS) is 16.4. The number of aromatic carboxylic acids is 1. The van der Waals surface area contributed by atoms with Crippen molar-refractivity contribution in [2.24, 2.45) is 5.73 Å². The van der Waals surface area contributed by atoms with E-state index < -0.39 is 11.5 Å². The van der Waals surface area contributed by atoms with E-state index in [2.05, 4.69) is 0 Å². The van der Waals surface area contributed by atoms with Crippen molar-refractivity contribution < 1.29 is 14.7 Å². The van der Waals surface area contributed by atoms with Crippen molar-refractivity contribution in [3.63, 3.8) is 0 Å². The highest BCUT2D eigenvalue weighted by molar-refractivity contribution is 6.06. The Kier molecular flexibility index (Phi) is 2.63. The van der Waals surface area contributed by atoms with E-state index in [9.17, 15) is 9.59 Å². The van der Waals surface area contributed by atoms with Crippen LogP contribution in [-0.4, -0.2) is 29.6 Å². The highest BCUT2D eigenvalue weighted by Gasteiger charge is 2.48. The maximum atomic E-state index is 12.0. The minimum absolute atomic E-state index is 0.104. The molecule has 0 radical (unpaired) electrons. The second-order valence-corrected chi connectivity index (χ2v) is 4.34. The quantitative estimate of drug-likeness (QED) is 0.811. The summed E-state index contributed by atoms with van der Waals surface area (Å²) in [4.78, 5) is 24.4. The Labute approximate surface area is 98.8 Å². The number of nitrogens with zero attached hydrogens (tertiary/aromatic N) is 1. The van der Waals surface area contributed by atoms with Gasteiger partial charge in [-0.05, 0) is 25.0 Å². The zero-order valence-corrected chi connectivity index (χ0v) is 9.51. The fourth-order valence-electron chi connectivity index (χ4n) is 1.74. The van der Waals surface area contributed by atoms with E-state index in [0.717, 1.165) is 0 Å². The lowest BCUT2D eigenvalue weighted by Gasteiger charge is -2.22. The molecule has 0 bridgehead atoms. The van der Waals surface area contributed by atoms with Crippen LogP contribution < -0.4 is 10.6 Å². The lowest BCUT2D eigenvalue weighted by molar-refractivity contribution is -0.120. The molecule has 1 saturated carbocycles. The molecule has 0 unspecified atom stereocenters. The third-order valence-electron chi connectivity index (χ3n) is 3.02. The molecule has 5 nitrogen and oxygen atoms in total. The summed E-state index contributed by atoms with van der Waals surface area (Å²) in [5.74, 6) is -1.28. The predicted octanol–water partition coefficient (Wildman–Crippen LogP) is 0.839. The molecule has 0 aliphatic heterocycles. The summed E-state index contributed by atoms with van der Waals surface area (Å²) < 4.78 is 0. The minimum atomic E-state index is -1.05. The Morgan fingerprint density at radius 3 is 2.47 bits per heavy atom. The van der Waals surface area contributed by atoms with Crippen LogP contribution in [0.3, 0.4) is 0 Å². The molecule has 0 heterocycles. The number of carboxylic acids is 1. The van der Waals surface area contributed by atoms with Crippen LogP contribution in [0.2, 0.25) is 0 Å². The van der Waals surface area contributed by atoms with Gasteiger partial charge in [-0.2, -0.15) is 0 Å². The summed E-state index contributed by atoms with van der Waals surface area (Å²) in [6.07, 6.45) is 1.32. The van der Waals surface area contributed by atoms with Gasteiger partial charge in [0.25, 0.3) is 0 Å². The molecule has 1 fully saturated rings. The van der Waals surface area contributed by atoms with E-state index in [1.54, 1.807) is 25.2 Å². The topological polar surface area (TPSA) is 83.6 Å². The average Bonchev–Trinajstić information content (AvgIpc) is 3.06. The molecular formula is C12H14N2O3. The third-order valence-corrected chi connectivity index (χ3v) is 3.02. The number of carbonyl (C=O) groups excluding carboxylic acids is 1. The van der Waals surface area contributed by atoms with Crippen molar-refractivity contribution >= 4 is 17.6 Å². The van der Waals surface area contributed by atoms with Crippen LogP contribution in [0.1, 0.15) is 23.2 Å². The summed E-state index contributed by atoms with van der Waals surface area (Å²) in [6, 6.07) is 6.40. The van der Waals surface area contributed by atoms with Gasteiger partial charge in [-0.15, -0.1) is 0 Å². The lowest BCUT2D eigenvalue weighted by atomic mass is 10.1. The maximum absolute atomic E-state index is 12.0. The van der Waals surface area contributed by atoms with Crippen LogP contribution in [0.4, 0.5) is 5.69 Å². The van der Waals surface area contributed by atoms with Gasteiger partial charge in [0.05, 0.1) is 16.8 Å². The number of carbonyl (C=O) groups is 2. The first-order valence-corrected chi connectivity index (χ1v) is 5.35. The Bertz CT molecular complexity index is 480. The number of rotatable bonds is 3. The number of benzene rings is 1. The zero-order valence-electron chi connectivity index (χ0n) is 9.51. The van der Waals surface area contributed by atoms with E-state index in [-0.39, 0.29) is 11.5 Å². The Morgan fingerprint density at radius 2 is 1.94 bits per heavy atom. The largest absolute Gasteiger partial charge is 0.478 e. The highest BCUT2D eigenvalue weighted by atomic mass is 16.4. The van der Waals surface area contributed by atoms with Gasteiger partial charge in [0.15, 0.2) is 0 Å². The molecule has 1 amide bonds. The van der Waals surface area contributed by atoms with E-state index >= 15 is 0 Å². The van der Waals surface area contributed by atoms with E-state index in [4.69, 9.17) is 10.8 Å². The van der Waals surface area contributed by atoms with Gasteiger partial charge in [0.1, 0.15) is 0 Å². The number of likely N-dealkylation sites (N-methyl/N-ethyl adjacent to an activating group) is 1. The fourth-order valence-corrected chi connectivity index (χ4v) is 1.74. The van der Waals surface area contributed by atoms with Crippen LogP contribution in [0.5, 0.6) is 0 Å². The van der Waals surface area contributed by atoms with E-state index in [1.807, 2.05) is 0 Å². The molecule has 0 atom stereocenters. The lowest BCUT2D eigenvalue weighted by Crippen LogP contribution is -2.44. The Balaban J connectivity index is 2.33. The van der Waals surface area contributed by atoms with Gasteiger partial charge in [0, 0.05) is 7.05 Å². The van der Waals surface area contributed by atoms with Crippen molar-refractivity contribution in [2.75, 3.05) is 11.9 Å². The van der Waals surface area contributed by atoms with Crippen LogP contribution in [0.25, 0.3) is 0 Å². The van der Waals surface area contributed by atoms with Crippen LogP contribution in [0.15, 0.2) is 24.3 Å². The average molecular weight is 234 g/mol. The molecule has 2 rings (SSSR count). The van der Waals surface area contributed by atoms with E-state index in [1.165, 1.54) is 11.0 Å². The van der Waals surface area contributed by atoms with Gasteiger partial charge in [-0.1, -0.05) is 12.1 Å². The molecule has 0 spiro atoms. The Hall–Kier alpha value is -1.88. The third kappa shape index (κ3) is 2.01. The summed E-state index contributed by atoms with van der Waals surface area (Å²) in [7, 11) is 1.55. The predicted molar refractivity (Wildman–Crippen MR) is 63.0 cm³/mol. The smallest absolute Gasteiger partial charge is 0.337 e. The van der Waals surface area contributed by atoms with Gasteiger partial charge >= 0.3 is 5.97 Å². The molecule has 5 heteroatoms. The molecule has 0 saturated heterocycles. The molecule has 3 N–H and O–H groups in total. The number of para-hydroxylation sites is 1. The number of carboxylic acid groups (broad SMARTS) is 1. The van der Waals surface area contributed by atoms with Crippen molar-refractivity contribution in [1.82, 2.24) is 0 Å². The summed E-state index contributed by atoms with van der Waals surface area (Å²) in [5.41, 5.74) is 5.51. The first-order valence-electron chi connectivity index (χ1n) is 5.35. The zero-order chi connectivity index (χ0) is 12.6. The summed E-state index contributed by atoms with van der Waals surface area (Å²) >= 11 is 0. The van der Waals surface area contributed by atoms with Crippen molar-refractivity contribution in [3.8, 4) is 0 Å². The summed E-state index contributed by atoms with van der Waals surface area (Å²) in [5, 5.41) is 9.05. The minimum Gasteiger partial charge on any atom is -0.478 e. The SMILES string of the molecule is CN(C(=O)C1(N)CC1)c1ccccc1C(=O)O. The monoisotopic (exact) mass is 234 g/mol. The molecule has 1 aromatic carbocycles. The highest BCUT2D eigenvalue weighted by Crippen LogP contribution is 2.35. The molecule has 1 aliphatic carbocycles. The fraction of sp³-hybridized carbons (Fsp3) is 0.333. The number of amides is 1. The summed E-state index contributed by atoms with van der Waals surface area (Å²) in [6.45, 7) is 0. The number of anilines is 1. The van der Waals surface area contributed by atoms with Gasteiger partial charge < -0.3 is 15.7 Å². The van der Waals surface area contributed by atoms with Gasteiger partial charge in [-0.3, -0.25) is 4.79 Å². The van der Waals surface area contributed by atoms with Crippen molar-refractivity contribution in [1.29, 1.82) is 0 Å². The first kappa shape index (κ1) is 11.6. The standard InChI is InChI=1S/C12H14N2O3/c1-14(11(17)12(13)6-7-12)9-5-3-2-4-8(9)10(15)16/h2-5H,6-7,13H2,1H3,(H,15,16). The maximum Gasteiger partial charge on any atom is 0.337 e. The molecule has 1 aromatic rings. The van der Waals surface area contributed by atoms with Crippen LogP contribution in [0, 0.1) is 0 Å². The molecule has 17 heavy (non-hydrogen) atoms. The van der Waals surface area contributed by atoms with Crippen LogP contribution in [-0.2, 0) is 4.79 Å². The Morgan fingerprint density at radius 1 is 1.35 bits per heavy atom. The second kappa shape index (κ2) is 3.85. The number of nitrogens with two attached hydrogens (primary N) is 1. The molecule has 0 aromatic heterocycles. The van der Waals surface area contributed by atoms with Gasteiger partial charge in [0.2, 0.25) is 5.91 Å².